The molecule has 0 spiro atoms. The second-order valence-electron chi connectivity index (χ2n) is 6.20. The molecule has 1 aromatic heterocycles. The van der Waals surface area contributed by atoms with Crippen LogP contribution in [0.5, 0.6) is 0 Å². The fraction of sp³-hybridized carbons (Fsp3) is 0.500. The topological polar surface area (TPSA) is 246 Å². The van der Waals surface area contributed by atoms with Crippen LogP contribution in [0.2, 0.25) is 0 Å². The van der Waals surface area contributed by atoms with E-state index in [1.54, 1.807) is 0 Å². The lowest BCUT2D eigenvalue weighted by Crippen LogP contribution is -2.36. The van der Waals surface area contributed by atoms with E-state index in [9.17, 15) is 37.3 Å². The number of halogens is 2. The average molecular weight is 571 g/mol. The van der Waals surface area contributed by atoms with Crippen LogP contribution in [0.15, 0.2) is 33.6 Å². The summed E-state index contributed by atoms with van der Waals surface area (Å²) in [6.45, 7) is -1.80. The number of aromatic amines is 1. The number of alkyl halides is 2. The summed E-state index contributed by atoms with van der Waals surface area (Å²) in [7, 11) is -13.1. The van der Waals surface area contributed by atoms with Gasteiger partial charge in [-0.3, -0.25) is 23.5 Å². The Bertz CT molecular complexity index is 1230. The molecule has 22 heteroatoms. The first-order valence-electron chi connectivity index (χ1n) is 8.44. The molecular weight excluding hydrogens is 553 g/mol. The number of nitrogens with zero attached hydrogens (tertiary/aromatic N) is 4. The van der Waals surface area contributed by atoms with Gasteiger partial charge in [-0.2, -0.15) is 8.78 Å². The van der Waals surface area contributed by atoms with E-state index in [0.717, 1.165) is 16.8 Å². The van der Waals surface area contributed by atoms with Crippen molar-refractivity contribution in [2.75, 3.05) is 13.2 Å². The van der Waals surface area contributed by atoms with Gasteiger partial charge in [-0.05, 0) is 30.3 Å². The summed E-state index contributed by atoms with van der Waals surface area (Å²) in [5.41, 5.74) is 7.00. The average Bonchev–Trinajstić information content (AvgIpc) is 2.68. The second kappa shape index (κ2) is 11.4. The molecule has 0 bridgehead atoms. The molecule has 1 rings (SSSR count). The van der Waals surface area contributed by atoms with Gasteiger partial charge in [0.05, 0.1) is 19.3 Å². The number of aromatic nitrogens is 2. The van der Waals surface area contributed by atoms with Crippen molar-refractivity contribution in [1.82, 2.24) is 9.55 Å². The predicted molar refractivity (Wildman–Crippen MR) is 115 cm³/mol. The van der Waals surface area contributed by atoms with E-state index in [2.05, 4.69) is 37.2 Å². The van der Waals surface area contributed by atoms with Crippen molar-refractivity contribution in [3.05, 3.63) is 55.7 Å². The van der Waals surface area contributed by atoms with Crippen molar-refractivity contribution < 1.29 is 51.1 Å². The molecule has 4 atom stereocenters. The summed E-state index contributed by atoms with van der Waals surface area (Å²) in [6, 6.07) is 0. The number of aryl methyl sites for hydroxylation is 1. The van der Waals surface area contributed by atoms with Crippen LogP contribution in [-0.4, -0.2) is 53.8 Å². The third-order valence-electron chi connectivity index (χ3n) is 3.63. The largest absolute Gasteiger partial charge is 0.444 e. The summed E-state index contributed by atoms with van der Waals surface area (Å²) < 4.78 is 64.3. The number of rotatable bonds is 13. The fourth-order valence-corrected chi connectivity index (χ4v) is 6.72. The van der Waals surface area contributed by atoms with Gasteiger partial charge in [0, 0.05) is 16.7 Å². The highest BCUT2D eigenvalue weighted by molar-refractivity contribution is 8.08. The minimum atomic E-state index is -6.56. The molecule has 0 aliphatic heterocycles. The summed E-state index contributed by atoms with van der Waals surface area (Å²) in [6.07, 6.45) is -0.594. The molecule has 0 fully saturated rings. The number of nitrogens with one attached hydrogen (secondary N) is 1. The van der Waals surface area contributed by atoms with Crippen molar-refractivity contribution in [1.29, 1.82) is 0 Å². The third kappa shape index (κ3) is 7.71. The molecule has 0 amide bonds. The first-order chi connectivity index (χ1) is 15.4. The zero-order chi connectivity index (χ0) is 26.5. The quantitative estimate of drug-likeness (QED) is 0.0741. The van der Waals surface area contributed by atoms with Gasteiger partial charge >= 0.3 is 33.0 Å². The van der Waals surface area contributed by atoms with Crippen LogP contribution in [0.1, 0.15) is 11.8 Å². The van der Waals surface area contributed by atoms with Gasteiger partial charge in [-0.1, -0.05) is 11.7 Å². The maximum atomic E-state index is 13.6. The van der Waals surface area contributed by atoms with E-state index in [0.29, 0.717) is 0 Å². The first-order valence-corrected chi connectivity index (χ1v) is 14.2. The van der Waals surface area contributed by atoms with E-state index in [1.165, 1.54) is 6.92 Å². The summed E-state index contributed by atoms with van der Waals surface area (Å²) >= 11 is 4.33. The molecule has 2 unspecified atom stereocenters. The lowest BCUT2D eigenvalue weighted by atomic mass is 10.3. The highest BCUT2D eigenvalue weighted by atomic mass is 32.5. The molecule has 1 heterocycles. The number of hydrogen-bond donors (Lipinski definition) is 5. The highest BCUT2D eigenvalue weighted by Crippen LogP contribution is 2.77. The van der Waals surface area contributed by atoms with Crippen LogP contribution in [0, 0.1) is 6.92 Å². The molecule has 192 valence electrons. The van der Waals surface area contributed by atoms with E-state index < -0.39 is 64.0 Å². The van der Waals surface area contributed by atoms with Crippen LogP contribution in [0.25, 0.3) is 10.4 Å². The minimum absolute atomic E-state index is 0.0989. The Hall–Kier alpha value is -1.58. The van der Waals surface area contributed by atoms with Crippen molar-refractivity contribution >= 4 is 33.7 Å². The molecule has 5 N–H and O–H groups in total. The molecular formula is C12H18F2N5O11P3S. The number of azide groups is 1. The van der Waals surface area contributed by atoms with Gasteiger partial charge in [0.25, 0.3) is 5.56 Å². The van der Waals surface area contributed by atoms with Gasteiger partial charge in [0.2, 0.25) is 0 Å². The Labute approximate surface area is 193 Å². The summed E-state index contributed by atoms with van der Waals surface area (Å²) in [4.78, 5) is 64.3. The maximum Gasteiger partial charge on any atom is 0.444 e. The Morgan fingerprint density at radius 1 is 1.38 bits per heavy atom. The molecule has 0 aliphatic carbocycles. The van der Waals surface area contributed by atoms with Crippen LogP contribution < -0.4 is 11.2 Å². The molecule has 0 aliphatic rings. The van der Waals surface area contributed by atoms with E-state index in [1.807, 2.05) is 4.98 Å². The number of hydrogen-bond acceptors (Lipinski definition) is 9. The van der Waals surface area contributed by atoms with Crippen molar-refractivity contribution in [2.24, 2.45) is 5.11 Å². The number of ether oxygens (including phenoxy) is 1. The Morgan fingerprint density at radius 3 is 2.47 bits per heavy atom. The standard InChI is InChI=1S/C12H18F2N5O11P3S/c1-3-9(19-5-7(2)10(20)17-11(19)21)29-8(4-16-18-15)6-28-33(27,34)30-32(25,26)12(13,14)31(22,23)24/h3,5,8-9H,1,4,6H2,2H3,(H,25,26)(H,27,34)(H,17,20,21)(H2,22,23,24)/t8-,9+,33?/m0/s1. The van der Waals surface area contributed by atoms with Crippen molar-refractivity contribution in [3.63, 3.8) is 0 Å². The zero-order valence-electron chi connectivity index (χ0n) is 16.9. The van der Waals surface area contributed by atoms with Gasteiger partial charge in [0.1, 0.15) is 0 Å². The summed E-state index contributed by atoms with van der Waals surface area (Å²) in [5.74, 6) is 0. The van der Waals surface area contributed by atoms with Crippen LogP contribution in [0.4, 0.5) is 8.78 Å². The van der Waals surface area contributed by atoms with Crippen LogP contribution >= 0.6 is 21.9 Å². The molecule has 0 radical (unpaired) electrons. The molecule has 1 aromatic rings. The zero-order valence-corrected chi connectivity index (χ0v) is 20.4. The summed E-state index contributed by atoms with van der Waals surface area (Å²) in [5, 5.41) is -2.44. The predicted octanol–water partition coefficient (Wildman–Crippen LogP) is 1.39. The van der Waals surface area contributed by atoms with Gasteiger partial charge in [-0.15, -0.1) is 0 Å². The monoisotopic (exact) mass is 571 g/mol. The van der Waals surface area contributed by atoms with Crippen molar-refractivity contribution in [2.45, 2.75) is 24.7 Å². The Morgan fingerprint density at radius 2 is 1.97 bits per heavy atom. The van der Waals surface area contributed by atoms with Gasteiger partial charge < -0.3 is 28.8 Å². The Balaban J connectivity index is 3.11. The third-order valence-corrected chi connectivity index (χ3v) is 9.65. The van der Waals surface area contributed by atoms with E-state index in [4.69, 9.17) is 20.1 Å². The number of H-pyrrole nitrogens is 1. The normalized spacial score (nSPS) is 17.6. The smallest absolute Gasteiger partial charge is 0.348 e. The van der Waals surface area contributed by atoms with Crippen LogP contribution in [-0.2, 0) is 34.5 Å². The van der Waals surface area contributed by atoms with Crippen molar-refractivity contribution in [3.8, 4) is 0 Å². The molecule has 34 heavy (non-hydrogen) atoms. The molecule has 0 aromatic carbocycles. The fourth-order valence-electron chi connectivity index (χ4n) is 2.02. The first kappa shape index (κ1) is 30.5. The van der Waals surface area contributed by atoms with Crippen LogP contribution in [0.3, 0.4) is 0 Å². The van der Waals surface area contributed by atoms with E-state index in [-0.39, 0.29) is 5.56 Å². The molecule has 16 nitrogen and oxygen atoms in total. The van der Waals surface area contributed by atoms with E-state index >= 15 is 0 Å². The highest BCUT2D eigenvalue weighted by Gasteiger charge is 2.66. The van der Waals surface area contributed by atoms with Gasteiger partial charge in [-0.25, -0.2) is 9.11 Å². The van der Waals surface area contributed by atoms with Gasteiger partial charge in [0.15, 0.2) is 6.23 Å². The Kier molecular flexibility index (Phi) is 10.2. The lowest BCUT2D eigenvalue weighted by Gasteiger charge is -2.27. The second-order valence-corrected chi connectivity index (χ2v) is 13.0. The molecule has 0 saturated heterocycles. The molecule has 0 saturated carbocycles. The lowest BCUT2D eigenvalue weighted by molar-refractivity contribution is -0.0441. The SMILES string of the molecule is C=C[C@@H](O[C@@H](CN=[N+]=[N-])COP(O)(=S)OP(=O)(O)C(F)(F)P(=O)(O)O)n1cc(C)c(=O)[nH]c1=O. The maximum absolute atomic E-state index is 13.6. The minimum Gasteiger partial charge on any atom is -0.348 e.